The predicted molar refractivity (Wildman–Crippen MR) is 94.5 cm³/mol. The Morgan fingerprint density at radius 3 is 2.32 bits per heavy atom. The second-order valence-corrected chi connectivity index (χ2v) is 5.50. The zero-order chi connectivity index (χ0) is 18.0. The number of aromatic nitrogens is 3. The van der Waals surface area contributed by atoms with Gasteiger partial charge in [-0.3, -0.25) is 0 Å². The molecule has 0 aliphatic heterocycles. The van der Waals surface area contributed by atoms with E-state index in [0.717, 1.165) is 11.3 Å². The Hall–Kier alpha value is -3.46. The monoisotopic (exact) mass is 332 g/mol. The van der Waals surface area contributed by atoms with Gasteiger partial charge in [0.1, 0.15) is 5.69 Å². The molecular formula is C19H16N4O2. The number of carboxylic acids is 1. The number of rotatable bonds is 4. The second-order valence-electron chi connectivity index (χ2n) is 5.50. The Labute approximate surface area is 145 Å². The van der Waals surface area contributed by atoms with E-state index in [4.69, 9.17) is 6.57 Å². The van der Waals surface area contributed by atoms with Crippen molar-refractivity contribution in [2.24, 2.45) is 7.05 Å². The molecule has 6 heteroatoms. The molecule has 0 amide bonds. The lowest BCUT2D eigenvalue weighted by Crippen LogP contribution is -2.07. The van der Waals surface area contributed by atoms with Gasteiger partial charge in [0.2, 0.25) is 5.69 Å². The highest BCUT2D eigenvalue weighted by Crippen LogP contribution is 2.39. The van der Waals surface area contributed by atoms with Crippen LogP contribution in [-0.2, 0) is 13.5 Å². The number of benzene rings is 1. The molecule has 0 atom stereocenters. The van der Waals surface area contributed by atoms with Gasteiger partial charge in [-0.2, -0.15) is 0 Å². The molecule has 0 spiro atoms. The fraction of sp³-hybridized carbons (Fsp3) is 0.158. The van der Waals surface area contributed by atoms with E-state index in [1.54, 1.807) is 30.1 Å². The summed E-state index contributed by atoms with van der Waals surface area (Å²) in [7, 11) is 1.69. The minimum Gasteiger partial charge on any atom is -0.477 e. The summed E-state index contributed by atoms with van der Waals surface area (Å²) in [6.07, 6.45) is 3.92. The Kier molecular flexibility index (Phi) is 4.31. The van der Waals surface area contributed by atoms with Crippen LogP contribution in [0.15, 0.2) is 42.7 Å². The van der Waals surface area contributed by atoms with E-state index in [2.05, 4.69) is 14.8 Å². The third kappa shape index (κ3) is 2.76. The number of hydrogen-bond donors (Lipinski definition) is 1. The highest BCUT2D eigenvalue weighted by molar-refractivity contribution is 6.00. The molecule has 3 rings (SSSR count). The van der Waals surface area contributed by atoms with Crippen molar-refractivity contribution in [1.29, 1.82) is 0 Å². The van der Waals surface area contributed by atoms with Crippen LogP contribution in [-0.4, -0.2) is 25.6 Å². The van der Waals surface area contributed by atoms with Gasteiger partial charge >= 0.3 is 5.97 Å². The zero-order valence-corrected chi connectivity index (χ0v) is 13.9. The van der Waals surface area contributed by atoms with Gasteiger partial charge in [-0.15, -0.1) is 0 Å². The van der Waals surface area contributed by atoms with Gasteiger partial charge in [0.05, 0.1) is 6.57 Å². The molecule has 2 heterocycles. The first-order valence-electron chi connectivity index (χ1n) is 7.78. The molecule has 1 aromatic carbocycles. The van der Waals surface area contributed by atoms with Crippen LogP contribution in [0, 0.1) is 6.57 Å². The molecule has 0 aliphatic rings. The molecule has 0 radical (unpaired) electrons. The first-order valence-corrected chi connectivity index (χ1v) is 7.78. The predicted octanol–water partition coefficient (Wildman–Crippen LogP) is 3.96. The van der Waals surface area contributed by atoms with Crippen LogP contribution < -0.4 is 0 Å². The van der Waals surface area contributed by atoms with Crippen molar-refractivity contribution in [2.75, 3.05) is 0 Å². The summed E-state index contributed by atoms with van der Waals surface area (Å²) in [5.41, 5.74) is 3.23. The van der Waals surface area contributed by atoms with E-state index >= 15 is 0 Å². The standard InChI is InChI=1S/C19H16N4O2/c1-4-14-16(20-2)15(17(19(24)25)23(14)3)12-6-8-13(9-7-12)18-21-10-5-11-22-18/h5-11H,4H2,1,3H3,(H,24,25). The maximum atomic E-state index is 11.8. The van der Waals surface area contributed by atoms with E-state index in [1.165, 1.54) is 0 Å². The lowest BCUT2D eigenvalue weighted by molar-refractivity contribution is 0.0687. The van der Waals surface area contributed by atoms with Gasteiger partial charge < -0.3 is 9.67 Å². The summed E-state index contributed by atoms with van der Waals surface area (Å²) in [5, 5.41) is 9.63. The number of hydrogen-bond acceptors (Lipinski definition) is 3. The minimum atomic E-state index is -1.04. The van der Waals surface area contributed by atoms with E-state index in [9.17, 15) is 9.90 Å². The maximum absolute atomic E-state index is 11.8. The molecule has 124 valence electrons. The van der Waals surface area contributed by atoms with Crippen molar-refractivity contribution in [3.05, 3.63) is 65.5 Å². The highest BCUT2D eigenvalue weighted by Gasteiger charge is 2.25. The Morgan fingerprint density at radius 1 is 1.20 bits per heavy atom. The number of carbonyl (C=O) groups is 1. The SMILES string of the molecule is [C-]#[N+]c1c(-c2ccc(-c3ncccn3)cc2)c(C(=O)O)n(C)c1CC. The van der Waals surface area contributed by atoms with Crippen molar-refractivity contribution in [2.45, 2.75) is 13.3 Å². The topological polar surface area (TPSA) is 72.4 Å². The summed E-state index contributed by atoms with van der Waals surface area (Å²) in [5.74, 6) is -0.446. The molecule has 6 nitrogen and oxygen atoms in total. The number of aromatic carboxylic acids is 1. The molecule has 0 saturated heterocycles. The lowest BCUT2D eigenvalue weighted by atomic mass is 10.0. The Bertz CT molecular complexity index is 967. The van der Waals surface area contributed by atoms with Crippen molar-refractivity contribution in [1.82, 2.24) is 14.5 Å². The fourth-order valence-corrected chi connectivity index (χ4v) is 3.00. The second kappa shape index (κ2) is 6.57. The average Bonchev–Trinajstić information content (AvgIpc) is 2.94. The quantitative estimate of drug-likeness (QED) is 0.734. The van der Waals surface area contributed by atoms with Crippen LogP contribution in [0.25, 0.3) is 27.4 Å². The third-order valence-corrected chi connectivity index (χ3v) is 4.13. The summed E-state index contributed by atoms with van der Waals surface area (Å²) in [4.78, 5) is 23.8. The van der Waals surface area contributed by atoms with E-state index < -0.39 is 5.97 Å². The van der Waals surface area contributed by atoms with Crippen molar-refractivity contribution < 1.29 is 9.90 Å². The molecule has 0 bridgehead atoms. The van der Waals surface area contributed by atoms with Gasteiger partial charge in [0.25, 0.3) is 0 Å². The van der Waals surface area contributed by atoms with Gasteiger partial charge in [-0.1, -0.05) is 31.2 Å². The third-order valence-electron chi connectivity index (χ3n) is 4.13. The summed E-state index contributed by atoms with van der Waals surface area (Å²) in [6, 6.07) is 9.03. The molecule has 3 aromatic rings. The van der Waals surface area contributed by atoms with Crippen LogP contribution in [0.1, 0.15) is 23.1 Å². The van der Waals surface area contributed by atoms with Crippen LogP contribution >= 0.6 is 0 Å². The van der Waals surface area contributed by atoms with Gasteiger partial charge in [-0.25, -0.2) is 19.6 Å². The van der Waals surface area contributed by atoms with Crippen LogP contribution in [0.3, 0.4) is 0 Å². The summed E-state index contributed by atoms with van der Waals surface area (Å²) >= 11 is 0. The largest absolute Gasteiger partial charge is 0.477 e. The molecule has 25 heavy (non-hydrogen) atoms. The van der Waals surface area contributed by atoms with Gasteiger partial charge in [0.15, 0.2) is 5.82 Å². The molecule has 0 unspecified atom stereocenters. The molecule has 0 saturated carbocycles. The van der Waals surface area contributed by atoms with Crippen molar-refractivity contribution >= 4 is 11.7 Å². The first-order chi connectivity index (χ1) is 12.1. The lowest BCUT2D eigenvalue weighted by Gasteiger charge is -2.06. The molecule has 0 fully saturated rings. The highest BCUT2D eigenvalue weighted by atomic mass is 16.4. The molecule has 0 aliphatic carbocycles. The van der Waals surface area contributed by atoms with Crippen LogP contribution in [0.4, 0.5) is 5.69 Å². The van der Waals surface area contributed by atoms with Crippen LogP contribution in [0.2, 0.25) is 0 Å². The maximum Gasteiger partial charge on any atom is 0.351 e. The fourth-order valence-electron chi connectivity index (χ4n) is 3.00. The zero-order valence-electron chi connectivity index (χ0n) is 13.9. The van der Waals surface area contributed by atoms with Gasteiger partial charge in [-0.05, 0) is 18.1 Å². The number of carboxylic acid groups (broad SMARTS) is 1. The Balaban J connectivity index is 2.17. The first kappa shape index (κ1) is 16.4. The van der Waals surface area contributed by atoms with Crippen molar-refractivity contribution in [3.63, 3.8) is 0 Å². The summed E-state index contributed by atoms with van der Waals surface area (Å²) in [6.45, 7) is 9.42. The van der Waals surface area contributed by atoms with E-state index in [-0.39, 0.29) is 5.69 Å². The average molecular weight is 332 g/mol. The van der Waals surface area contributed by atoms with E-state index in [1.807, 2.05) is 31.2 Å². The summed E-state index contributed by atoms with van der Waals surface area (Å²) < 4.78 is 1.60. The van der Waals surface area contributed by atoms with Crippen molar-refractivity contribution in [3.8, 4) is 22.5 Å². The Morgan fingerprint density at radius 2 is 1.80 bits per heavy atom. The van der Waals surface area contributed by atoms with Gasteiger partial charge in [0, 0.05) is 36.3 Å². The minimum absolute atomic E-state index is 0.131. The molecule has 1 N–H and O–H groups in total. The number of nitrogens with zero attached hydrogens (tertiary/aromatic N) is 4. The van der Waals surface area contributed by atoms with E-state index in [0.29, 0.717) is 29.1 Å². The van der Waals surface area contributed by atoms with Crippen LogP contribution in [0.5, 0.6) is 0 Å². The molecule has 2 aromatic heterocycles. The smallest absolute Gasteiger partial charge is 0.351 e. The normalized spacial score (nSPS) is 10.4. The molecular weight excluding hydrogens is 316 g/mol.